The molecule has 0 atom stereocenters. The Balaban J connectivity index is 2.32. The number of rotatable bonds is 4. The van der Waals surface area contributed by atoms with E-state index in [1.807, 2.05) is 56.3 Å². The van der Waals surface area contributed by atoms with Crippen LogP contribution in [-0.4, -0.2) is 19.8 Å². The van der Waals surface area contributed by atoms with E-state index in [4.69, 9.17) is 0 Å². The van der Waals surface area contributed by atoms with Gasteiger partial charge in [0.15, 0.2) is 0 Å². The van der Waals surface area contributed by atoms with Crippen LogP contribution in [0.3, 0.4) is 0 Å². The molecule has 0 amide bonds. The highest BCUT2D eigenvalue weighted by Gasteiger charge is 2.22. The molecular weight excluding hydrogens is 270 g/mol. The van der Waals surface area contributed by atoms with Crippen LogP contribution in [0.25, 0.3) is 0 Å². The van der Waals surface area contributed by atoms with Gasteiger partial charge in [-0.1, -0.05) is 42.5 Å². The highest BCUT2D eigenvalue weighted by atomic mass is 32.2. The normalized spacial score (nSPS) is 11.8. The second-order valence-electron chi connectivity index (χ2n) is 5.02. The average molecular weight is 289 g/mol. The fourth-order valence-corrected chi connectivity index (χ4v) is 3.54. The largest absolute Gasteiger partial charge is 0.243 e. The van der Waals surface area contributed by atoms with Crippen LogP contribution in [0.1, 0.15) is 16.7 Å². The number of hydrogen-bond acceptors (Lipinski definition) is 2. The summed E-state index contributed by atoms with van der Waals surface area (Å²) in [6, 6.07) is 15.1. The highest BCUT2D eigenvalue weighted by molar-refractivity contribution is 7.89. The topological polar surface area (TPSA) is 37.4 Å². The Labute approximate surface area is 120 Å². The lowest BCUT2D eigenvalue weighted by Gasteiger charge is -2.19. The summed E-state index contributed by atoms with van der Waals surface area (Å²) < 4.78 is 26.7. The standard InChI is InChI=1S/C16H19NO2S/c1-13-9-10-14(2)16(11-13)20(18,19)17(3)12-15-7-5-4-6-8-15/h4-11H,12H2,1-3H3. The third-order valence-corrected chi connectivity index (χ3v) is 5.23. The van der Waals surface area contributed by atoms with E-state index in [0.29, 0.717) is 11.4 Å². The summed E-state index contributed by atoms with van der Waals surface area (Å²) in [5.74, 6) is 0. The van der Waals surface area contributed by atoms with Crippen molar-refractivity contribution in [3.05, 3.63) is 65.2 Å². The molecule has 2 rings (SSSR count). The minimum atomic E-state index is -3.46. The molecule has 0 bridgehead atoms. The van der Waals surface area contributed by atoms with Crippen molar-refractivity contribution < 1.29 is 8.42 Å². The molecule has 0 radical (unpaired) electrons. The molecule has 4 heteroatoms. The van der Waals surface area contributed by atoms with Gasteiger partial charge in [-0.15, -0.1) is 0 Å². The molecule has 0 aromatic heterocycles. The zero-order valence-corrected chi connectivity index (χ0v) is 12.8. The van der Waals surface area contributed by atoms with E-state index in [9.17, 15) is 8.42 Å². The van der Waals surface area contributed by atoms with Crippen LogP contribution in [0.15, 0.2) is 53.4 Å². The summed E-state index contributed by atoms with van der Waals surface area (Å²) in [6.07, 6.45) is 0. The number of hydrogen-bond donors (Lipinski definition) is 0. The van der Waals surface area contributed by atoms with E-state index in [1.54, 1.807) is 13.1 Å². The number of nitrogens with zero attached hydrogens (tertiary/aromatic N) is 1. The van der Waals surface area contributed by atoms with Gasteiger partial charge < -0.3 is 0 Å². The molecule has 3 nitrogen and oxygen atoms in total. The quantitative estimate of drug-likeness (QED) is 0.867. The molecule has 0 unspecified atom stereocenters. The van der Waals surface area contributed by atoms with Gasteiger partial charge in [-0.25, -0.2) is 8.42 Å². The second kappa shape index (κ2) is 5.77. The monoisotopic (exact) mass is 289 g/mol. The SMILES string of the molecule is Cc1ccc(C)c(S(=O)(=O)N(C)Cc2ccccc2)c1. The van der Waals surface area contributed by atoms with Gasteiger partial charge in [-0.2, -0.15) is 4.31 Å². The maximum absolute atomic E-state index is 12.6. The molecule has 0 saturated heterocycles. The molecule has 0 N–H and O–H groups in total. The summed E-state index contributed by atoms with van der Waals surface area (Å²) >= 11 is 0. The van der Waals surface area contributed by atoms with E-state index < -0.39 is 10.0 Å². The van der Waals surface area contributed by atoms with Crippen molar-refractivity contribution in [3.63, 3.8) is 0 Å². The molecule has 0 saturated carbocycles. The fourth-order valence-electron chi connectivity index (χ4n) is 2.08. The Kier molecular flexibility index (Phi) is 4.26. The Morgan fingerprint density at radius 2 is 1.65 bits per heavy atom. The van der Waals surface area contributed by atoms with Crippen molar-refractivity contribution >= 4 is 10.0 Å². The van der Waals surface area contributed by atoms with Crippen LogP contribution >= 0.6 is 0 Å². The van der Waals surface area contributed by atoms with Crippen LogP contribution in [0.5, 0.6) is 0 Å². The van der Waals surface area contributed by atoms with Crippen LogP contribution in [0.2, 0.25) is 0 Å². The molecule has 0 spiro atoms. The van der Waals surface area contributed by atoms with Gasteiger partial charge in [0.1, 0.15) is 0 Å². The van der Waals surface area contributed by atoms with Crippen molar-refractivity contribution in [2.24, 2.45) is 0 Å². The summed E-state index contributed by atoms with van der Waals surface area (Å²) in [7, 11) is -1.84. The van der Waals surface area contributed by atoms with E-state index in [-0.39, 0.29) is 0 Å². The maximum atomic E-state index is 12.6. The van der Waals surface area contributed by atoms with Gasteiger partial charge >= 0.3 is 0 Å². The first-order chi connectivity index (χ1) is 9.41. The third-order valence-electron chi connectivity index (χ3n) is 3.28. The molecule has 20 heavy (non-hydrogen) atoms. The van der Waals surface area contributed by atoms with Crippen molar-refractivity contribution in [1.82, 2.24) is 4.31 Å². The molecule has 2 aromatic carbocycles. The summed E-state index contributed by atoms with van der Waals surface area (Å²) in [5, 5.41) is 0. The Morgan fingerprint density at radius 3 is 2.30 bits per heavy atom. The number of benzene rings is 2. The van der Waals surface area contributed by atoms with Crippen molar-refractivity contribution in [1.29, 1.82) is 0 Å². The fraction of sp³-hybridized carbons (Fsp3) is 0.250. The average Bonchev–Trinajstić information content (AvgIpc) is 2.42. The van der Waals surface area contributed by atoms with Crippen LogP contribution in [-0.2, 0) is 16.6 Å². The Hall–Kier alpha value is -1.65. The highest BCUT2D eigenvalue weighted by Crippen LogP contribution is 2.21. The predicted octanol–water partition coefficient (Wildman–Crippen LogP) is 3.12. The van der Waals surface area contributed by atoms with E-state index >= 15 is 0 Å². The van der Waals surface area contributed by atoms with E-state index in [1.165, 1.54) is 4.31 Å². The lowest BCUT2D eigenvalue weighted by molar-refractivity contribution is 0.466. The van der Waals surface area contributed by atoms with Gasteiger partial charge in [0.25, 0.3) is 0 Å². The van der Waals surface area contributed by atoms with Crippen molar-refractivity contribution in [3.8, 4) is 0 Å². The Morgan fingerprint density at radius 1 is 1.00 bits per heavy atom. The van der Waals surface area contributed by atoms with Crippen molar-refractivity contribution in [2.45, 2.75) is 25.3 Å². The maximum Gasteiger partial charge on any atom is 0.243 e. The van der Waals surface area contributed by atoms with Crippen LogP contribution in [0, 0.1) is 13.8 Å². The van der Waals surface area contributed by atoms with Crippen LogP contribution < -0.4 is 0 Å². The molecule has 0 aliphatic heterocycles. The number of sulfonamides is 1. The van der Waals surface area contributed by atoms with Crippen molar-refractivity contribution in [2.75, 3.05) is 7.05 Å². The minimum absolute atomic E-state index is 0.372. The molecule has 106 valence electrons. The van der Waals surface area contributed by atoms with E-state index in [0.717, 1.165) is 16.7 Å². The smallest absolute Gasteiger partial charge is 0.207 e. The molecular formula is C16H19NO2S. The predicted molar refractivity (Wildman–Crippen MR) is 81.0 cm³/mol. The minimum Gasteiger partial charge on any atom is -0.207 e. The molecule has 0 aliphatic carbocycles. The third kappa shape index (κ3) is 3.08. The molecule has 0 aliphatic rings. The van der Waals surface area contributed by atoms with Crippen LogP contribution in [0.4, 0.5) is 0 Å². The van der Waals surface area contributed by atoms with Gasteiger partial charge in [-0.05, 0) is 36.6 Å². The zero-order valence-electron chi connectivity index (χ0n) is 12.0. The first-order valence-corrected chi connectivity index (χ1v) is 7.93. The van der Waals surface area contributed by atoms with E-state index in [2.05, 4.69) is 0 Å². The summed E-state index contributed by atoms with van der Waals surface area (Å²) in [6.45, 7) is 4.09. The molecule has 0 heterocycles. The van der Waals surface area contributed by atoms with Gasteiger partial charge in [0.05, 0.1) is 4.90 Å². The summed E-state index contributed by atoms with van der Waals surface area (Å²) in [5.41, 5.74) is 2.70. The van der Waals surface area contributed by atoms with Gasteiger partial charge in [0, 0.05) is 13.6 Å². The molecule has 0 fully saturated rings. The first-order valence-electron chi connectivity index (χ1n) is 6.49. The Bertz CT molecular complexity index is 694. The zero-order chi connectivity index (χ0) is 14.8. The lowest BCUT2D eigenvalue weighted by Crippen LogP contribution is -2.27. The second-order valence-corrected chi connectivity index (χ2v) is 7.03. The summed E-state index contributed by atoms with van der Waals surface area (Å²) in [4.78, 5) is 0.385. The van der Waals surface area contributed by atoms with Gasteiger partial charge in [-0.3, -0.25) is 0 Å². The van der Waals surface area contributed by atoms with Gasteiger partial charge in [0.2, 0.25) is 10.0 Å². The lowest BCUT2D eigenvalue weighted by atomic mass is 10.2. The molecule has 2 aromatic rings. The number of aryl methyl sites for hydroxylation is 2. The first kappa shape index (κ1) is 14.8.